The minimum atomic E-state index is -0.570. The lowest BCUT2D eigenvalue weighted by Gasteiger charge is -2.18. The van der Waals surface area contributed by atoms with E-state index in [1.54, 1.807) is 6.20 Å². The summed E-state index contributed by atoms with van der Waals surface area (Å²) >= 11 is 0. The van der Waals surface area contributed by atoms with E-state index in [4.69, 9.17) is 4.74 Å². The Morgan fingerprint density at radius 1 is 0.962 bits per heavy atom. The van der Waals surface area contributed by atoms with Crippen molar-refractivity contribution in [3.05, 3.63) is 90.3 Å². The first kappa shape index (κ1) is 16.0. The summed E-state index contributed by atoms with van der Waals surface area (Å²) in [6.45, 7) is -0.0172. The fraction of sp³-hybridized carbons (Fsp3) is 0.100. The standard InChI is InChI=1S/C20H16N4O2/c25-19(14-24-18-12-5-4-10-16(18)22-23-24)26-20(15-8-2-1-3-9-15)17-11-6-7-13-21-17/h1-13,20H,14H2. The molecule has 0 radical (unpaired) electrons. The van der Waals surface area contributed by atoms with Crippen LogP contribution in [-0.2, 0) is 16.1 Å². The van der Waals surface area contributed by atoms with E-state index in [0.717, 1.165) is 16.6 Å². The zero-order chi connectivity index (χ0) is 17.8. The molecule has 0 bridgehead atoms. The van der Waals surface area contributed by atoms with Gasteiger partial charge in [-0.05, 0) is 29.8 Å². The third-order valence-corrected chi connectivity index (χ3v) is 4.01. The molecule has 2 aromatic heterocycles. The molecule has 0 N–H and O–H groups in total. The highest BCUT2D eigenvalue weighted by Gasteiger charge is 2.21. The Hall–Kier alpha value is -3.54. The number of para-hydroxylation sites is 1. The normalized spacial score (nSPS) is 12.0. The van der Waals surface area contributed by atoms with Gasteiger partial charge in [0.15, 0.2) is 6.10 Å². The van der Waals surface area contributed by atoms with Crippen LogP contribution in [0.4, 0.5) is 0 Å². The van der Waals surface area contributed by atoms with Crippen molar-refractivity contribution in [2.75, 3.05) is 0 Å². The van der Waals surface area contributed by atoms with Crippen LogP contribution in [0, 0.1) is 0 Å². The number of hydrogen-bond donors (Lipinski definition) is 0. The lowest BCUT2D eigenvalue weighted by Crippen LogP contribution is -2.19. The Morgan fingerprint density at radius 2 is 1.73 bits per heavy atom. The van der Waals surface area contributed by atoms with Crippen molar-refractivity contribution in [2.45, 2.75) is 12.6 Å². The first-order valence-electron chi connectivity index (χ1n) is 8.25. The summed E-state index contributed by atoms with van der Waals surface area (Å²) in [4.78, 5) is 16.9. The third kappa shape index (κ3) is 3.30. The lowest BCUT2D eigenvalue weighted by molar-refractivity contribution is -0.148. The van der Waals surface area contributed by atoms with Gasteiger partial charge in [-0.15, -0.1) is 5.10 Å². The summed E-state index contributed by atoms with van der Waals surface area (Å²) < 4.78 is 7.29. The Morgan fingerprint density at radius 3 is 2.54 bits per heavy atom. The molecule has 1 unspecified atom stereocenters. The first-order chi connectivity index (χ1) is 12.8. The number of esters is 1. The monoisotopic (exact) mass is 344 g/mol. The average molecular weight is 344 g/mol. The van der Waals surface area contributed by atoms with Gasteiger partial charge in [-0.2, -0.15) is 0 Å². The molecule has 6 nitrogen and oxygen atoms in total. The topological polar surface area (TPSA) is 69.9 Å². The van der Waals surface area contributed by atoms with Crippen LogP contribution in [0.15, 0.2) is 79.0 Å². The van der Waals surface area contributed by atoms with Crippen molar-refractivity contribution >= 4 is 17.0 Å². The maximum Gasteiger partial charge on any atom is 0.328 e. The smallest absolute Gasteiger partial charge is 0.328 e. The van der Waals surface area contributed by atoms with Gasteiger partial charge in [0, 0.05) is 6.20 Å². The van der Waals surface area contributed by atoms with Crippen molar-refractivity contribution in [1.29, 1.82) is 0 Å². The number of hydrogen-bond acceptors (Lipinski definition) is 5. The number of carbonyl (C=O) groups excluding carboxylic acids is 1. The molecule has 0 amide bonds. The Bertz CT molecular complexity index is 976. The summed E-state index contributed by atoms with van der Waals surface area (Å²) in [6, 6.07) is 22.6. The van der Waals surface area contributed by atoms with Crippen LogP contribution in [-0.4, -0.2) is 25.9 Å². The fourth-order valence-electron chi connectivity index (χ4n) is 2.78. The second-order valence-electron chi connectivity index (χ2n) is 5.77. The van der Waals surface area contributed by atoms with Crippen molar-refractivity contribution in [2.24, 2.45) is 0 Å². The van der Waals surface area contributed by atoms with E-state index in [1.165, 1.54) is 4.68 Å². The number of nitrogens with zero attached hydrogens (tertiary/aromatic N) is 4. The van der Waals surface area contributed by atoms with Gasteiger partial charge in [0.05, 0.1) is 11.2 Å². The van der Waals surface area contributed by atoms with Crippen LogP contribution in [0.1, 0.15) is 17.4 Å². The molecule has 128 valence electrons. The minimum absolute atomic E-state index is 0.0172. The van der Waals surface area contributed by atoms with Gasteiger partial charge in [0.1, 0.15) is 12.1 Å². The summed E-state index contributed by atoms with van der Waals surface area (Å²) in [5, 5.41) is 8.10. The quantitative estimate of drug-likeness (QED) is 0.520. The fourth-order valence-corrected chi connectivity index (χ4v) is 2.78. The SMILES string of the molecule is O=C(Cn1nnc2ccccc21)OC(c1ccccc1)c1ccccn1. The average Bonchev–Trinajstić information content (AvgIpc) is 3.10. The van der Waals surface area contributed by atoms with Crippen LogP contribution in [0.25, 0.3) is 11.0 Å². The Balaban J connectivity index is 1.58. The molecular formula is C20H16N4O2. The van der Waals surface area contributed by atoms with Crippen molar-refractivity contribution in [1.82, 2.24) is 20.0 Å². The predicted molar refractivity (Wildman–Crippen MR) is 96.1 cm³/mol. The largest absolute Gasteiger partial charge is 0.450 e. The number of benzene rings is 2. The predicted octanol–water partition coefficient (Wildman–Crippen LogP) is 3.16. The van der Waals surface area contributed by atoms with Gasteiger partial charge in [-0.25, -0.2) is 4.68 Å². The number of ether oxygens (including phenoxy) is 1. The molecule has 0 saturated carbocycles. The summed E-state index contributed by atoms with van der Waals surface area (Å²) in [5.41, 5.74) is 3.07. The molecule has 0 fully saturated rings. The molecule has 0 aliphatic rings. The highest BCUT2D eigenvalue weighted by Crippen LogP contribution is 2.24. The highest BCUT2D eigenvalue weighted by molar-refractivity contribution is 5.77. The second-order valence-corrected chi connectivity index (χ2v) is 5.77. The van der Waals surface area contributed by atoms with E-state index < -0.39 is 12.1 Å². The van der Waals surface area contributed by atoms with E-state index in [2.05, 4.69) is 15.3 Å². The number of pyridine rings is 1. The third-order valence-electron chi connectivity index (χ3n) is 4.01. The van der Waals surface area contributed by atoms with Crippen LogP contribution in [0.3, 0.4) is 0 Å². The highest BCUT2D eigenvalue weighted by atomic mass is 16.5. The minimum Gasteiger partial charge on any atom is -0.450 e. The molecule has 6 heteroatoms. The van der Waals surface area contributed by atoms with E-state index in [-0.39, 0.29) is 6.54 Å². The number of carbonyl (C=O) groups is 1. The molecule has 0 spiro atoms. The summed E-state index contributed by atoms with van der Waals surface area (Å²) in [7, 11) is 0. The van der Waals surface area contributed by atoms with Crippen molar-refractivity contribution in [3.8, 4) is 0 Å². The zero-order valence-corrected chi connectivity index (χ0v) is 13.9. The molecule has 0 saturated heterocycles. The second kappa shape index (κ2) is 7.14. The van der Waals surface area contributed by atoms with Crippen LogP contribution in [0.5, 0.6) is 0 Å². The lowest BCUT2D eigenvalue weighted by atomic mass is 10.1. The Labute approximate surface area is 150 Å². The van der Waals surface area contributed by atoms with Crippen LogP contribution >= 0.6 is 0 Å². The van der Waals surface area contributed by atoms with Crippen molar-refractivity contribution < 1.29 is 9.53 Å². The number of rotatable bonds is 5. The molecule has 26 heavy (non-hydrogen) atoms. The van der Waals surface area contributed by atoms with E-state index in [9.17, 15) is 4.79 Å². The maximum absolute atomic E-state index is 12.6. The van der Waals surface area contributed by atoms with Crippen LogP contribution < -0.4 is 0 Å². The van der Waals surface area contributed by atoms with Crippen LogP contribution in [0.2, 0.25) is 0 Å². The molecule has 2 aromatic carbocycles. The van der Waals surface area contributed by atoms with E-state index in [0.29, 0.717) is 5.69 Å². The van der Waals surface area contributed by atoms with E-state index in [1.807, 2.05) is 72.8 Å². The van der Waals surface area contributed by atoms with E-state index >= 15 is 0 Å². The van der Waals surface area contributed by atoms with Gasteiger partial charge in [-0.3, -0.25) is 9.78 Å². The molecule has 4 rings (SSSR count). The number of aromatic nitrogens is 4. The maximum atomic E-state index is 12.6. The Kier molecular flexibility index (Phi) is 4.38. The van der Waals surface area contributed by atoms with Gasteiger partial charge in [0.25, 0.3) is 0 Å². The zero-order valence-electron chi connectivity index (χ0n) is 13.9. The van der Waals surface area contributed by atoms with Gasteiger partial charge in [0.2, 0.25) is 0 Å². The molecule has 2 heterocycles. The number of fused-ring (bicyclic) bond motifs is 1. The summed E-state index contributed by atoms with van der Waals surface area (Å²) in [6.07, 6.45) is 1.11. The molecular weight excluding hydrogens is 328 g/mol. The summed E-state index contributed by atoms with van der Waals surface area (Å²) in [5.74, 6) is -0.403. The molecule has 0 aliphatic carbocycles. The molecule has 1 atom stereocenters. The van der Waals surface area contributed by atoms with Gasteiger partial charge < -0.3 is 4.74 Å². The first-order valence-corrected chi connectivity index (χ1v) is 8.25. The van der Waals surface area contributed by atoms with Crippen molar-refractivity contribution in [3.63, 3.8) is 0 Å². The molecule has 0 aliphatic heterocycles. The van der Waals surface area contributed by atoms with Gasteiger partial charge in [-0.1, -0.05) is 53.7 Å². The van der Waals surface area contributed by atoms with Gasteiger partial charge >= 0.3 is 5.97 Å². The molecule has 4 aromatic rings.